The Morgan fingerprint density at radius 2 is 2.17 bits per heavy atom. The summed E-state index contributed by atoms with van der Waals surface area (Å²) in [7, 11) is 0. The van der Waals surface area contributed by atoms with Crippen molar-refractivity contribution in [3.05, 3.63) is 22.2 Å². The first-order valence-electron chi connectivity index (χ1n) is 6.63. The van der Waals surface area contributed by atoms with Crippen molar-refractivity contribution in [2.75, 3.05) is 6.61 Å². The highest BCUT2D eigenvalue weighted by atomic mass is 16.5. The topological polar surface area (TPSA) is 81.0 Å². The van der Waals surface area contributed by atoms with Gasteiger partial charge in [0, 0.05) is 6.42 Å². The molecule has 3 N–H and O–H groups in total. The summed E-state index contributed by atoms with van der Waals surface area (Å²) in [5.74, 6) is 1.03. The van der Waals surface area contributed by atoms with Gasteiger partial charge in [-0.2, -0.15) is 0 Å². The van der Waals surface area contributed by atoms with Crippen LogP contribution in [0.4, 0.5) is 0 Å². The maximum Gasteiger partial charge on any atom is 0.254 e. The van der Waals surface area contributed by atoms with E-state index in [1.807, 2.05) is 6.92 Å². The van der Waals surface area contributed by atoms with E-state index in [9.17, 15) is 4.79 Å². The average Bonchev–Trinajstić information content (AvgIpc) is 2.37. The van der Waals surface area contributed by atoms with Gasteiger partial charge >= 0.3 is 0 Å². The predicted molar refractivity (Wildman–Crippen MR) is 69.7 cm³/mol. The largest absolute Gasteiger partial charge is 0.476 e. The van der Waals surface area contributed by atoms with Crippen molar-refractivity contribution >= 4 is 0 Å². The Morgan fingerprint density at radius 3 is 2.83 bits per heavy atom. The van der Waals surface area contributed by atoms with Crippen molar-refractivity contribution in [3.63, 3.8) is 0 Å². The van der Waals surface area contributed by atoms with Crippen molar-refractivity contribution in [2.45, 2.75) is 51.0 Å². The zero-order chi connectivity index (χ0) is 13.0. The Kier molecular flexibility index (Phi) is 4.01. The smallest absolute Gasteiger partial charge is 0.254 e. The van der Waals surface area contributed by atoms with Gasteiger partial charge in [-0.15, -0.1) is 0 Å². The summed E-state index contributed by atoms with van der Waals surface area (Å²) >= 11 is 0. The van der Waals surface area contributed by atoms with Gasteiger partial charge in [-0.3, -0.25) is 4.79 Å². The number of aromatic amines is 1. The summed E-state index contributed by atoms with van der Waals surface area (Å²) in [6.07, 6.45) is 6.21. The molecule has 0 aliphatic heterocycles. The third-order valence-electron chi connectivity index (χ3n) is 3.46. The minimum absolute atomic E-state index is 0.174. The molecule has 1 aromatic rings. The number of H-pyrrole nitrogens is 1. The number of nitrogens with one attached hydrogen (secondary N) is 1. The number of hydrogen-bond donors (Lipinski definition) is 2. The fraction of sp³-hybridized carbons (Fsp3) is 0.692. The van der Waals surface area contributed by atoms with E-state index < -0.39 is 0 Å². The van der Waals surface area contributed by atoms with Crippen molar-refractivity contribution in [1.82, 2.24) is 9.97 Å². The van der Waals surface area contributed by atoms with Crippen LogP contribution >= 0.6 is 0 Å². The van der Waals surface area contributed by atoms with Gasteiger partial charge in [-0.05, 0) is 12.8 Å². The van der Waals surface area contributed by atoms with Crippen molar-refractivity contribution in [3.8, 4) is 5.88 Å². The zero-order valence-corrected chi connectivity index (χ0v) is 10.9. The molecule has 100 valence electrons. The lowest BCUT2D eigenvalue weighted by atomic mass is 9.83. The number of aryl methyl sites for hydroxylation is 1. The molecule has 1 aromatic heterocycles. The molecule has 5 nitrogen and oxygen atoms in total. The lowest BCUT2D eigenvalue weighted by Crippen LogP contribution is -2.47. The van der Waals surface area contributed by atoms with Crippen LogP contribution in [0.3, 0.4) is 0 Å². The summed E-state index contributed by atoms with van der Waals surface area (Å²) in [6, 6.07) is 1.38. The summed E-state index contributed by atoms with van der Waals surface area (Å²) in [6.45, 7) is 2.38. The minimum Gasteiger partial charge on any atom is -0.476 e. The van der Waals surface area contributed by atoms with Crippen LogP contribution in [0.5, 0.6) is 5.88 Å². The Labute approximate surface area is 107 Å². The highest BCUT2D eigenvalue weighted by Crippen LogP contribution is 2.26. The summed E-state index contributed by atoms with van der Waals surface area (Å²) in [4.78, 5) is 18.3. The van der Waals surface area contributed by atoms with E-state index >= 15 is 0 Å². The molecule has 5 heteroatoms. The summed E-state index contributed by atoms with van der Waals surface area (Å²) in [5.41, 5.74) is 5.85. The second kappa shape index (κ2) is 5.52. The van der Waals surface area contributed by atoms with Crippen molar-refractivity contribution < 1.29 is 4.74 Å². The van der Waals surface area contributed by atoms with E-state index in [-0.39, 0.29) is 11.1 Å². The van der Waals surface area contributed by atoms with Crippen LogP contribution in [0, 0.1) is 0 Å². The molecule has 0 amide bonds. The lowest BCUT2D eigenvalue weighted by molar-refractivity contribution is 0.168. The average molecular weight is 251 g/mol. The lowest BCUT2D eigenvalue weighted by Gasteiger charge is -2.32. The van der Waals surface area contributed by atoms with Gasteiger partial charge in [-0.25, -0.2) is 4.98 Å². The van der Waals surface area contributed by atoms with E-state index in [0.29, 0.717) is 24.7 Å². The number of ether oxygens (including phenoxy) is 1. The number of hydrogen-bond acceptors (Lipinski definition) is 4. The predicted octanol–water partition coefficient (Wildman–Crippen LogP) is 1.37. The Hall–Kier alpha value is -1.36. The standard InChI is InChI=1S/C13H21N3O2/c1-2-10-15-11(17)8-12(16-10)18-9-13(14)6-4-3-5-7-13/h8H,2-7,9,14H2,1H3,(H,15,16,17). The molecule has 0 saturated heterocycles. The van der Waals surface area contributed by atoms with Gasteiger partial charge in [0.2, 0.25) is 5.88 Å². The number of aromatic nitrogens is 2. The van der Waals surface area contributed by atoms with Gasteiger partial charge in [0.1, 0.15) is 12.4 Å². The summed E-state index contributed by atoms with van der Waals surface area (Å²) in [5, 5.41) is 0. The number of nitrogens with zero attached hydrogens (tertiary/aromatic N) is 1. The van der Waals surface area contributed by atoms with Crippen LogP contribution in [0.2, 0.25) is 0 Å². The van der Waals surface area contributed by atoms with E-state index in [2.05, 4.69) is 9.97 Å². The van der Waals surface area contributed by atoms with Gasteiger partial charge in [0.25, 0.3) is 5.56 Å². The van der Waals surface area contributed by atoms with E-state index in [4.69, 9.17) is 10.5 Å². The quantitative estimate of drug-likeness (QED) is 0.847. The molecule has 0 radical (unpaired) electrons. The molecule has 2 rings (SSSR count). The first kappa shape index (κ1) is 13.1. The van der Waals surface area contributed by atoms with Gasteiger partial charge in [-0.1, -0.05) is 26.2 Å². The first-order chi connectivity index (χ1) is 8.61. The van der Waals surface area contributed by atoms with Crippen LogP contribution < -0.4 is 16.0 Å². The van der Waals surface area contributed by atoms with Crippen LogP contribution in [0.15, 0.2) is 10.9 Å². The molecule has 0 atom stereocenters. The Balaban J connectivity index is 2.01. The normalized spacial score (nSPS) is 18.6. The SMILES string of the molecule is CCc1nc(OCC2(N)CCCCC2)cc(=O)[nH]1. The molecule has 1 saturated carbocycles. The first-order valence-corrected chi connectivity index (χ1v) is 6.63. The molecule has 18 heavy (non-hydrogen) atoms. The van der Waals surface area contributed by atoms with Crippen LogP contribution in [0.1, 0.15) is 44.9 Å². The molecular weight excluding hydrogens is 230 g/mol. The molecular formula is C13H21N3O2. The minimum atomic E-state index is -0.255. The molecule has 1 aliphatic rings. The highest BCUT2D eigenvalue weighted by Gasteiger charge is 2.28. The number of rotatable bonds is 4. The van der Waals surface area contributed by atoms with Crippen molar-refractivity contribution in [1.29, 1.82) is 0 Å². The molecule has 1 fully saturated rings. The molecule has 0 bridgehead atoms. The molecule has 0 spiro atoms. The molecule has 0 unspecified atom stereocenters. The molecule has 0 aromatic carbocycles. The van der Waals surface area contributed by atoms with E-state index in [0.717, 1.165) is 25.7 Å². The van der Waals surface area contributed by atoms with E-state index in [1.165, 1.54) is 12.5 Å². The van der Waals surface area contributed by atoms with Crippen LogP contribution in [0.25, 0.3) is 0 Å². The summed E-state index contributed by atoms with van der Waals surface area (Å²) < 4.78 is 5.62. The van der Waals surface area contributed by atoms with Crippen LogP contribution in [-0.4, -0.2) is 22.1 Å². The second-order valence-electron chi connectivity index (χ2n) is 5.10. The second-order valence-corrected chi connectivity index (χ2v) is 5.10. The van der Waals surface area contributed by atoms with Crippen LogP contribution in [-0.2, 0) is 6.42 Å². The zero-order valence-electron chi connectivity index (χ0n) is 10.9. The number of nitrogens with two attached hydrogens (primary N) is 1. The fourth-order valence-electron chi connectivity index (χ4n) is 2.34. The maximum atomic E-state index is 11.4. The third-order valence-corrected chi connectivity index (χ3v) is 3.46. The third kappa shape index (κ3) is 3.32. The Bertz CT molecular complexity index is 450. The molecule has 1 aliphatic carbocycles. The van der Waals surface area contributed by atoms with Crippen molar-refractivity contribution in [2.24, 2.45) is 5.73 Å². The van der Waals surface area contributed by atoms with Gasteiger partial charge < -0.3 is 15.5 Å². The Morgan fingerprint density at radius 1 is 1.44 bits per heavy atom. The maximum absolute atomic E-state index is 11.4. The monoisotopic (exact) mass is 251 g/mol. The fourth-order valence-corrected chi connectivity index (χ4v) is 2.34. The highest BCUT2D eigenvalue weighted by molar-refractivity contribution is 5.09. The molecule has 1 heterocycles. The van der Waals surface area contributed by atoms with Gasteiger partial charge in [0.05, 0.1) is 11.6 Å². The van der Waals surface area contributed by atoms with Gasteiger partial charge in [0.15, 0.2) is 0 Å². The van der Waals surface area contributed by atoms with E-state index in [1.54, 1.807) is 0 Å².